The number of alkyl halides is 6. The van der Waals surface area contributed by atoms with E-state index in [2.05, 4.69) is 4.98 Å². The minimum atomic E-state index is -4.73. The third kappa shape index (κ3) is 2.65. The summed E-state index contributed by atoms with van der Waals surface area (Å²) >= 11 is 0. The molecule has 0 aromatic carbocycles. The Hall–Kier alpha value is -1.27. The van der Waals surface area contributed by atoms with E-state index in [1.165, 1.54) is 6.92 Å². The molecule has 0 aliphatic carbocycles. The third-order valence-corrected chi connectivity index (χ3v) is 1.90. The molecule has 1 heterocycles. The van der Waals surface area contributed by atoms with Gasteiger partial charge in [0.05, 0.1) is 11.3 Å². The van der Waals surface area contributed by atoms with Gasteiger partial charge in [-0.05, 0) is 18.6 Å². The summed E-state index contributed by atoms with van der Waals surface area (Å²) in [5.41, 5.74) is -3.03. The van der Waals surface area contributed by atoms with E-state index in [0.29, 0.717) is 12.1 Å². The average molecular weight is 243 g/mol. The molecule has 0 bridgehead atoms. The van der Waals surface area contributed by atoms with Crippen molar-refractivity contribution in [2.75, 3.05) is 0 Å². The topological polar surface area (TPSA) is 12.9 Å². The van der Waals surface area contributed by atoms with Gasteiger partial charge in [-0.1, -0.05) is 6.92 Å². The second kappa shape index (κ2) is 3.95. The van der Waals surface area contributed by atoms with E-state index in [-0.39, 0.29) is 6.42 Å². The smallest absolute Gasteiger partial charge is 0.248 e. The molecule has 0 amide bonds. The quantitative estimate of drug-likeness (QED) is 0.685. The van der Waals surface area contributed by atoms with E-state index >= 15 is 0 Å². The van der Waals surface area contributed by atoms with Crippen LogP contribution in [0.2, 0.25) is 0 Å². The Balaban J connectivity index is 3.28. The molecule has 0 unspecified atom stereocenters. The SMILES string of the molecule is CCc1nc(C(F)(F)F)ccc1C(F)(F)F. The van der Waals surface area contributed by atoms with Crippen molar-refractivity contribution in [3.05, 3.63) is 29.1 Å². The number of aryl methyl sites for hydroxylation is 1. The van der Waals surface area contributed by atoms with Gasteiger partial charge in [0.15, 0.2) is 0 Å². The maximum atomic E-state index is 12.3. The summed E-state index contributed by atoms with van der Waals surface area (Å²) in [4.78, 5) is 2.98. The van der Waals surface area contributed by atoms with E-state index < -0.39 is 29.3 Å². The maximum Gasteiger partial charge on any atom is 0.433 e. The summed E-state index contributed by atoms with van der Waals surface area (Å²) in [6.45, 7) is 1.32. The van der Waals surface area contributed by atoms with E-state index in [1.54, 1.807) is 0 Å². The van der Waals surface area contributed by atoms with Crippen molar-refractivity contribution in [3.8, 4) is 0 Å². The van der Waals surface area contributed by atoms with Crippen LogP contribution in [-0.4, -0.2) is 4.98 Å². The molecule has 0 saturated carbocycles. The molecule has 0 aliphatic heterocycles. The van der Waals surface area contributed by atoms with Gasteiger partial charge in [0.25, 0.3) is 0 Å². The van der Waals surface area contributed by atoms with Gasteiger partial charge in [-0.25, -0.2) is 4.98 Å². The van der Waals surface area contributed by atoms with Gasteiger partial charge >= 0.3 is 12.4 Å². The van der Waals surface area contributed by atoms with Gasteiger partial charge in [0.2, 0.25) is 0 Å². The van der Waals surface area contributed by atoms with Gasteiger partial charge in [-0.3, -0.25) is 0 Å². The highest BCUT2D eigenvalue weighted by atomic mass is 19.4. The first-order valence-corrected chi connectivity index (χ1v) is 4.30. The molecule has 90 valence electrons. The Labute approximate surface area is 87.1 Å². The lowest BCUT2D eigenvalue weighted by molar-refractivity contribution is -0.145. The van der Waals surface area contributed by atoms with Crippen molar-refractivity contribution in [1.82, 2.24) is 4.98 Å². The van der Waals surface area contributed by atoms with Crippen LogP contribution in [0, 0.1) is 0 Å². The molecule has 0 fully saturated rings. The van der Waals surface area contributed by atoms with Crippen molar-refractivity contribution in [2.24, 2.45) is 0 Å². The Morgan fingerprint density at radius 1 is 1.00 bits per heavy atom. The number of hydrogen-bond donors (Lipinski definition) is 0. The highest BCUT2D eigenvalue weighted by Gasteiger charge is 2.37. The van der Waals surface area contributed by atoms with Crippen LogP contribution in [0.3, 0.4) is 0 Å². The molecule has 0 spiro atoms. The first-order valence-electron chi connectivity index (χ1n) is 4.30. The molecule has 0 N–H and O–H groups in total. The van der Waals surface area contributed by atoms with E-state index in [4.69, 9.17) is 0 Å². The monoisotopic (exact) mass is 243 g/mol. The zero-order valence-corrected chi connectivity index (χ0v) is 8.08. The number of hydrogen-bond acceptors (Lipinski definition) is 1. The molecule has 16 heavy (non-hydrogen) atoms. The summed E-state index contributed by atoms with van der Waals surface area (Å²) < 4.78 is 73.6. The van der Waals surface area contributed by atoms with Crippen molar-refractivity contribution < 1.29 is 26.3 Å². The van der Waals surface area contributed by atoms with Gasteiger partial charge < -0.3 is 0 Å². The highest BCUT2D eigenvalue weighted by molar-refractivity contribution is 5.26. The largest absolute Gasteiger partial charge is 0.433 e. The molecule has 1 rings (SSSR count). The first-order chi connectivity index (χ1) is 7.16. The minimum Gasteiger partial charge on any atom is -0.248 e. The van der Waals surface area contributed by atoms with Crippen LogP contribution in [0.15, 0.2) is 12.1 Å². The number of rotatable bonds is 1. The van der Waals surface area contributed by atoms with Crippen LogP contribution in [0.1, 0.15) is 23.9 Å². The molecule has 7 heteroatoms. The van der Waals surface area contributed by atoms with Crippen LogP contribution < -0.4 is 0 Å². The molecule has 0 radical (unpaired) electrons. The molecule has 1 aromatic rings. The van der Waals surface area contributed by atoms with Gasteiger partial charge in [-0.15, -0.1) is 0 Å². The predicted molar refractivity (Wildman–Crippen MR) is 43.6 cm³/mol. The normalized spacial score (nSPS) is 12.9. The van der Waals surface area contributed by atoms with Crippen LogP contribution in [-0.2, 0) is 18.8 Å². The fourth-order valence-corrected chi connectivity index (χ4v) is 1.19. The van der Waals surface area contributed by atoms with Gasteiger partial charge in [-0.2, -0.15) is 26.3 Å². The zero-order chi connectivity index (χ0) is 12.6. The first kappa shape index (κ1) is 12.8. The molecule has 0 atom stereocenters. The van der Waals surface area contributed by atoms with Gasteiger partial charge in [0.1, 0.15) is 5.69 Å². The van der Waals surface area contributed by atoms with Crippen LogP contribution >= 0.6 is 0 Å². The maximum absolute atomic E-state index is 12.3. The standard InChI is InChI=1S/C9H7F6N/c1-2-6-5(8(10,11)12)3-4-7(16-6)9(13,14)15/h3-4H,2H2,1H3. The predicted octanol–water partition coefficient (Wildman–Crippen LogP) is 3.68. The number of pyridine rings is 1. The highest BCUT2D eigenvalue weighted by Crippen LogP contribution is 2.34. The van der Waals surface area contributed by atoms with E-state index in [0.717, 1.165) is 0 Å². The summed E-state index contributed by atoms with van der Waals surface area (Å²) in [5, 5.41) is 0. The van der Waals surface area contributed by atoms with Crippen molar-refractivity contribution in [2.45, 2.75) is 25.7 Å². The van der Waals surface area contributed by atoms with Gasteiger partial charge in [0, 0.05) is 0 Å². The second-order valence-corrected chi connectivity index (χ2v) is 3.04. The minimum absolute atomic E-state index is 0.210. The number of nitrogens with zero attached hydrogens (tertiary/aromatic N) is 1. The summed E-state index contributed by atoms with van der Waals surface area (Å²) in [5.74, 6) is 0. The van der Waals surface area contributed by atoms with E-state index in [1.807, 2.05) is 0 Å². The lowest BCUT2D eigenvalue weighted by Gasteiger charge is -2.13. The summed E-state index contributed by atoms with van der Waals surface area (Å²) in [6, 6.07) is 0.747. The lowest BCUT2D eigenvalue weighted by atomic mass is 10.1. The summed E-state index contributed by atoms with van der Waals surface area (Å²) in [7, 11) is 0. The second-order valence-electron chi connectivity index (χ2n) is 3.04. The molecular formula is C9H7F6N. The fourth-order valence-electron chi connectivity index (χ4n) is 1.19. The van der Waals surface area contributed by atoms with Crippen molar-refractivity contribution in [1.29, 1.82) is 0 Å². The number of halogens is 6. The molecule has 1 aromatic heterocycles. The average Bonchev–Trinajstić information content (AvgIpc) is 2.14. The fraction of sp³-hybridized carbons (Fsp3) is 0.444. The van der Waals surface area contributed by atoms with Crippen LogP contribution in [0.5, 0.6) is 0 Å². The Morgan fingerprint density at radius 2 is 1.56 bits per heavy atom. The third-order valence-electron chi connectivity index (χ3n) is 1.90. The molecular weight excluding hydrogens is 236 g/mol. The number of aromatic nitrogens is 1. The Bertz CT molecular complexity index is 379. The van der Waals surface area contributed by atoms with Crippen molar-refractivity contribution in [3.63, 3.8) is 0 Å². The Kier molecular flexibility index (Phi) is 3.16. The molecule has 0 saturated heterocycles. The van der Waals surface area contributed by atoms with E-state index in [9.17, 15) is 26.3 Å². The lowest BCUT2D eigenvalue weighted by Crippen LogP contribution is -2.15. The zero-order valence-electron chi connectivity index (χ0n) is 8.08. The molecule has 1 nitrogen and oxygen atoms in total. The Morgan fingerprint density at radius 3 is 1.94 bits per heavy atom. The summed E-state index contributed by atoms with van der Waals surface area (Å²) in [6.07, 6.45) is -9.62. The molecule has 0 aliphatic rings. The van der Waals surface area contributed by atoms with Crippen LogP contribution in [0.25, 0.3) is 0 Å². The van der Waals surface area contributed by atoms with Crippen LogP contribution in [0.4, 0.5) is 26.3 Å². The van der Waals surface area contributed by atoms with Crippen molar-refractivity contribution >= 4 is 0 Å².